The van der Waals surface area contributed by atoms with Crippen LogP contribution >= 0.6 is 0 Å². The third kappa shape index (κ3) is 2.54. The van der Waals surface area contributed by atoms with Crippen LogP contribution in [0.5, 0.6) is 0 Å². The number of alkyl halides is 3. The fraction of sp³-hybridized carbons (Fsp3) is 0.417. The summed E-state index contributed by atoms with van der Waals surface area (Å²) in [6, 6.07) is 2.27. The highest BCUT2D eigenvalue weighted by Crippen LogP contribution is 2.41. The van der Waals surface area contributed by atoms with Crippen LogP contribution in [0.1, 0.15) is 18.9 Å². The lowest BCUT2D eigenvalue weighted by molar-refractivity contribution is -0.208. The number of ether oxygens (including phenoxy) is 1. The number of amidine groups is 1. The molecule has 0 unspecified atom stereocenters. The molecule has 1 aliphatic rings. The molecule has 0 fully saturated rings. The second kappa shape index (κ2) is 4.60. The molecule has 3 nitrogen and oxygen atoms in total. The van der Waals surface area contributed by atoms with Gasteiger partial charge in [0.15, 0.2) is 6.10 Å². The van der Waals surface area contributed by atoms with Gasteiger partial charge in [0.2, 0.25) is 0 Å². The fourth-order valence-electron chi connectivity index (χ4n) is 2.22. The van der Waals surface area contributed by atoms with E-state index >= 15 is 0 Å². The smallest absolute Gasteiger partial charge is 0.425 e. The number of nitrogens with zero attached hydrogens (tertiary/aromatic N) is 1. The Labute approximate surface area is 111 Å². The van der Waals surface area contributed by atoms with Crippen LogP contribution in [0.25, 0.3) is 0 Å². The average molecular weight is 294 g/mol. The van der Waals surface area contributed by atoms with Gasteiger partial charge in [-0.3, -0.25) is 0 Å². The summed E-state index contributed by atoms with van der Waals surface area (Å²) in [6.07, 6.45) is -7.72. The van der Waals surface area contributed by atoms with E-state index in [2.05, 4.69) is 9.73 Å². The number of hydrogen-bond donors (Lipinski definition) is 1. The van der Waals surface area contributed by atoms with Gasteiger partial charge in [0.1, 0.15) is 11.6 Å². The molecule has 1 aromatic rings. The van der Waals surface area contributed by atoms with Gasteiger partial charge in [0.05, 0.1) is 11.1 Å². The average Bonchev–Trinajstić information content (AvgIpc) is 2.25. The summed E-state index contributed by atoms with van der Waals surface area (Å²) in [6.45, 7) is 1.18. The highest BCUT2D eigenvalue weighted by molar-refractivity contribution is 5.73. The highest BCUT2D eigenvalue weighted by Gasteiger charge is 2.50. The maximum atomic E-state index is 13.8. The molecular formula is C12H11F5N2O. The molecule has 1 aromatic carbocycles. The van der Waals surface area contributed by atoms with E-state index in [1.54, 1.807) is 0 Å². The fourth-order valence-corrected chi connectivity index (χ4v) is 2.22. The van der Waals surface area contributed by atoms with E-state index in [4.69, 9.17) is 5.73 Å². The normalized spacial score (nSPS) is 26.9. The SMILES string of the molecule is C[C@@]1(c2c(F)cccc2F)C[C@@H](C(F)(F)F)OC(N)=N1. The van der Waals surface area contributed by atoms with Gasteiger partial charge in [-0.15, -0.1) is 0 Å². The lowest BCUT2D eigenvalue weighted by Crippen LogP contribution is -2.46. The number of benzene rings is 1. The summed E-state index contributed by atoms with van der Waals surface area (Å²) in [7, 11) is 0. The first-order chi connectivity index (χ1) is 9.13. The minimum Gasteiger partial charge on any atom is -0.452 e. The van der Waals surface area contributed by atoms with E-state index in [-0.39, 0.29) is 0 Å². The van der Waals surface area contributed by atoms with Crippen molar-refractivity contribution >= 4 is 6.02 Å². The Hall–Kier alpha value is -1.86. The third-order valence-electron chi connectivity index (χ3n) is 3.07. The molecule has 0 aromatic heterocycles. The quantitative estimate of drug-likeness (QED) is 0.810. The largest absolute Gasteiger partial charge is 0.452 e. The number of aliphatic imine (C=N–C) groups is 1. The summed E-state index contributed by atoms with van der Waals surface area (Å²) in [5.41, 5.74) is 2.88. The van der Waals surface area contributed by atoms with Gasteiger partial charge in [-0.1, -0.05) is 6.07 Å². The molecule has 2 N–H and O–H groups in total. The topological polar surface area (TPSA) is 47.6 Å². The maximum absolute atomic E-state index is 13.8. The van der Waals surface area contributed by atoms with Crippen LogP contribution in [0.15, 0.2) is 23.2 Å². The maximum Gasteiger partial charge on any atom is 0.425 e. The first-order valence-corrected chi connectivity index (χ1v) is 5.67. The van der Waals surface area contributed by atoms with Crippen LogP contribution in [0.4, 0.5) is 22.0 Å². The van der Waals surface area contributed by atoms with Crippen LogP contribution in [0, 0.1) is 11.6 Å². The van der Waals surface area contributed by atoms with Gasteiger partial charge >= 0.3 is 6.18 Å². The summed E-state index contributed by atoms with van der Waals surface area (Å²) < 4.78 is 70.2. The summed E-state index contributed by atoms with van der Waals surface area (Å²) in [5, 5.41) is 0. The van der Waals surface area contributed by atoms with Crippen molar-refractivity contribution in [1.82, 2.24) is 0 Å². The van der Waals surface area contributed by atoms with Crippen molar-refractivity contribution in [1.29, 1.82) is 0 Å². The number of nitrogens with two attached hydrogens (primary N) is 1. The monoisotopic (exact) mass is 294 g/mol. The van der Waals surface area contributed by atoms with Gasteiger partial charge < -0.3 is 10.5 Å². The van der Waals surface area contributed by atoms with Crippen LogP contribution in [-0.4, -0.2) is 18.3 Å². The molecule has 0 radical (unpaired) electrons. The Bertz CT molecular complexity index is 537. The number of rotatable bonds is 1. The van der Waals surface area contributed by atoms with E-state index in [0.717, 1.165) is 18.2 Å². The first-order valence-electron chi connectivity index (χ1n) is 5.67. The van der Waals surface area contributed by atoms with E-state index in [0.29, 0.717) is 0 Å². The van der Waals surface area contributed by atoms with Crippen molar-refractivity contribution in [2.75, 3.05) is 0 Å². The van der Waals surface area contributed by atoms with Crippen molar-refractivity contribution in [3.05, 3.63) is 35.4 Å². The van der Waals surface area contributed by atoms with E-state index in [1.165, 1.54) is 6.92 Å². The van der Waals surface area contributed by atoms with Crippen LogP contribution in [0.2, 0.25) is 0 Å². The minimum absolute atomic E-state index is 0.555. The van der Waals surface area contributed by atoms with Gasteiger partial charge in [-0.2, -0.15) is 13.2 Å². The summed E-state index contributed by atoms with van der Waals surface area (Å²) in [5.74, 6) is -1.96. The molecule has 2 rings (SSSR count). The Morgan fingerprint density at radius 2 is 1.85 bits per heavy atom. The Morgan fingerprint density at radius 1 is 1.30 bits per heavy atom. The third-order valence-corrected chi connectivity index (χ3v) is 3.07. The zero-order valence-electron chi connectivity index (χ0n) is 10.3. The van der Waals surface area contributed by atoms with Crippen LogP contribution in [-0.2, 0) is 10.3 Å². The molecule has 8 heteroatoms. The Balaban J connectivity index is 2.51. The summed E-state index contributed by atoms with van der Waals surface area (Å²) >= 11 is 0. The summed E-state index contributed by atoms with van der Waals surface area (Å²) in [4.78, 5) is 3.66. The van der Waals surface area contributed by atoms with Gasteiger partial charge in [0.25, 0.3) is 6.02 Å². The highest BCUT2D eigenvalue weighted by atomic mass is 19.4. The predicted molar refractivity (Wildman–Crippen MR) is 60.9 cm³/mol. The minimum atomic E-state index is -4.70. The molecule has 0 bridgehead atoms. The molecule has 0 spiro atoms. The molecule has 20 heavy (non-hydrogen) atoms. The van der Waals surface area contributed by atoms with E-state index < -0.39 is 47.5 Å². The van der Waals surface area contributed by atoms with Crippen molar-refractivity contribution in [3.63, 3.8) is 0 Å². The Morgan fingerprint density at radius 3 is 2.35 bits per heavy atom. The molecule has 1 aliphatic heterocycles. The molecule has 0 saturated carbocycles. The van der Waals surface area contributed by atoms with Crippen molar-refractivity contribution in [3.8, 4) is 0 Å². The molecule has 2 atom stereocenters. The van der Waals surface area contributed by atoms with Crippen molar-refractivity contribution in [2.24, 2.45) is 10.7 Å². The lowest BCUT2D eigenvalue weighted by Gasteiger charge is -2.35. The van der Waals surface area contributed by atoms with Gasteiger partial charge in [-0.25, -0.2) is 13.8 Å². The van der Waals surface area contributed by atoms with E-state index in [9.17, 15) is 22.0 Å². The van der Waals surface area contributed by atoms with Crippen LogP contribution in [0.3, 0.4) is 0 Å². The predicted octanol–water partition coefficient (Wildman–Crippen LogP) is 2.85. The standard InChI is InChI=1S/C12H11F5N2O/c1-11(9-6(13)3-2-4-7(9)14)5-8(12(15,16)17)20-10(18)19-11/h2-4,8H,5H2,1H3,(H2,18,19)/t8-,11-/m0/s1. The van der Waals surface area contributed by atoms with Gasteiger partial charge in [-0.05, 0) is 19.1 Å². The molecule has 0 saturated heterocycles. The van der Waals surface area contributed by atoms with E-state index in [1.807, 2.05) is 0 Å². The van der Waals surface area contributed by atoms with Crippen molar-refractivity contribution in [2.45, 2.75) is 31.2 Å². The zero-order chi connectivity index (χ0) is 15.1. The molecule has 1 heterocycles. The first kappa shape index (κ1) is 14.5. The molecule has 0 amide bonds. The Kier molecular flexibility index (Phi) is 3.35. The lowest BCUT2D eigenvalue weighted by atomic mass is 9.85. The second-order valence-electron chi connectivity index (χ2n) is 4.67. The van der Waals surface area contributed by atoms with Gasteiger partial charge in [0, 0.05) is 6.42 Å². The molecule has 110 valence electrons. The number of hydrogen-bond acceptors (Lipinski definition) is 3. The molecular weight excluding hydrogens is 283 g/mol. The second-order valence-corrected chi connectivity index (χ2v) is 4.67. The zero-order valence-corrected chi connectivity index (χ0v) is 10.3. The van der Waals surface area contributed by atoms with Crippen LogP contribution < -0.4 is 5.73 Å². The van der Waals surface area contributed by atoms with Crippen molar-refractivity contribution < 1.29 is 26.7 Å². The molecule has 0 aliphatic carbocycles. The number of halogens is 5.